The maximum atomic E-state index is 12.9. The molecule has 6 heteroatoms. The predicted octanol–water partition coefficient (Wildman–Crippen LogP) is 2.44. The van der Waals surface area contributed by atoms with Crippen LogP contribution >= 0.6 is 0 Å². The molecule has 0 heterocycles. The third-order valence-electron chi connectivity index (χ3n) is 3.01. The number of anilines is 1. The normalized spacial score (nSPS) is 12.9. The minimum absolute atomic E-state index is 0.237. The van der Waals surface area contributed by atoms with E-state index in [0.717, 1.165) is 17.4 Å². The Kier molecular flexibility index (Phi) is 4.59. The van der Waals surface area contributed by atoms with Gasteiger partial charge in [0.25, 0.3) is 0 Å². The van der Waals surface area contributed by atoms with Gasteiger partial charge in [0.1, 0.15) is 5.82 Å². The molecule has 0 aromatic heterocycles. The molecule has 2 rings (SSSR count). The molecule has 1 atom stereocenters. The van der Waals surface area contributed by atoms with Crippen molar-refractivity contribution in [1.29, 1.82) is 0 Å². The van der Waals surface area contributed by atoms with Crippen molar-refractivity contribution in [2.45, 2.75) is 12.5 Å². The van der Waals surface area contributed by atoms with E-state index in [2.05, 4.69) is 4.72 Å². The predicted molar refractivity (Wildman–Crippen MR) is 81.9 cm³/mol. The van der Waals surface area contributed by atoms with Crippen molar-refractivity contribution >= 4 is 15.7 Å². The van der Waals surface area contributed by atoms with Crippen LogP contribution in [0.25, 0.3) is 0 Å². The molecule has 0 aliphatic rings. The molecule has 0 fully saturated rings. The van der Waals surface area contributed by atoms with Crippen LogP contribution in [0.15, 0.2) is 48.5 Å². The second-order valence-corrected chi connectivity index (χ2v) is 6.68. The zero-order chi connectivity index (χ0) is 15.5. The van der Waals surface area contributed by atoms with Crippen LogP contribution in [-0.2, 0) is 16.4 Å². The fourth-order valence-corrected chi connectivity index (χ4v) is 2.57. The van der Waals surface area contributed by atoms with Gasteiger partial charge in [0.05, 0.1) is 6.26 Å². The monoisotopic (exact) mass is 308 g/mol. The Bertz CT molecular complexity index is 697. The van der Waals surface area contributed by atoms with Crippen LogP contribution in [0.4, 0.5) is 10.1 Å². The Morgan fingerprint density at radius 1 is 1.10 bits per heavy atom. The first-order chi connectivity index (χ1) is 9.83. The van der Waals surface area contributed by atoms with E-state index in [9.17, 15) is 12.8 Å². The highest BCUT2D eigenvalue weighted by molar-refractivity contribution is 7.92. The summed E-state index contributed by atoms with van der Waals surface area (Å²) >= 11 is 0. The Labute approximate surface area is 123 Å². The third kappa shape index (κ3) is 4.84. The summed E-state index contributed by atoms with van der Waals surface area (Å²) in [5.74, 6) is -0.290. The highest BCUT2D eigenvalue weighted by atomic mass is 32.2. The quantitative estimate of drug-likeness (QED) is 0.891. The SMILES string of the molecule is CS(=O)(=O)Nc1ccc(CC(N)c2ccc(F)cc2)cc1. The van der Waals surface area contributed by atoms with Gasteiger partial charge in [-0.1, -0.05) is 24.3 Å². The first-order valence-electron chi connectivity index (χ1n) is 6.41. The second kappa shape index (κ2) is 6.24. The topological polar surface area (TPSA) is 72.2 Å². The largest absolute Gasteiger partial charge is 0.324 e. The lowest BCUT2D eigenvalue weighted by Gasteiger charge is -2.12. The van der Waals surface area contributed by atoms with E-state index in [1.165, 1.54) is 12.1 Å². The summed E-state index contributed by atoms with van der Waals surface area (Å²) in [4.78, 5) is 0. The van der Waals surface area contributed by atoms with Crippen LogP contribution < -0.4 is 10.5 Å². The van der Waals surface area contributed by atoms with Crippen LogP contribution in [0.2, 0.25) is 0 Å². The highest BCUT2D eigenvalue weighted by Crippen LogP contribution is 2.18. The zero-order valence-corrected chi connectivity index (χ0v) is 12.4. The smallest absolute Gasteiger partial charge is 0.229 e. The maximum absolute atomic E-state index is 12.9. The molecule has 112 valence electrons. The number of sulfonamides is 1. The van der Waals surface area contributed by atoms with Gasteiger partial charge in [0, 0.05) is 11.7 Å². The minimum Gasteiger partial charge on any atom is -0.324 e. The molecular formula is C15H17FN2O2S. The molecule has 1 unspecified atom stereocenters. The molecule has 0 aliphatic carbocycles. The molecule has 0 saturated carbocycles. The molecule has 0 spiro atoms. The number of halogens is 1. The Morgan fingerprint density at radius 2 is 1.67 bits per heavy atom. The summed E-state index contributed by atoms with van der Waals surface area (Å²) in [5, 5.41) is 0. The zero-order valence-electron chi connectivity index (χ0n) is 11.6. The number of rotatable bonds is 5. The average molecular weight is 308 g/mol. The Hall–Kier alpha value is -1.92. The van der Waals surface area contributed by atoms with Gasteiger partial charge in [-0.2, -0.15) is 0 Å². The molecule has 0 aliphatic heterocycles. The van der Waals surface area contributed by atoms with Gasteiger partial charge in [0.2, 0.25) is 10.0 Å². The molecule has 0 radical (unpaired) electrons. The van der Waals surface area contributed by atoms with Crippen LogP contribution in [0.5, 0.6) is 0 Å². The fraction of sp³-hybridized carbons (Fsp3) is 0.200. The molecule has 4 nitrogen and oxygen atoms in total. The van der Waals surface area contributed by atoms with Gasteiger partial charge in [0.15, 0.2) is 0 Å². The van der Waals surface area contributed by atoms with Gasteiger partial charge < -0.3 is 5.73 Å². The summed E-state index contributed by atoms with van der Waals surface area (Å²) < 4.78 is 37.5. The average Bonchev–Trinajstić information content (AvgIpc) is 2.40. The Morgan fingerprint density at radius 3 is 2.19 bits per heavy atom. The summed E-state index contributed by atoms with van der Waals surface area (Å²) in [6.45, 7) is 0. The maximum Gasteiger partial charge on any atom is 0.229 e. The number of nitrogens with one attached hydrogen (secondary N) is 1. The van der Waals surface area contributed by atoms with Crippen molar-refractivity contribution in [3.63, 3.8) is 0 Å². The summed E-state index contributed by atoms with van der Waals surface area (Å²) in [7, 11) is -3.27. The second-order valence-electron chi connectivity index (χ2n) is 4.93. The third-order valence-corrected chi connectivity index (χ3v) is 3.62. The van der Waals surface area contributed by atoms with Gasteiger partial charge in [-0.05, 0) is 41.8 Å². The van der Waals surface area contributed by atoms with Crippen LogP contribution in [-0.4, -0.2) is 14.7 Å². The van der Waals surface area contributed by atoms with Gasteiger partial charge in [-0.3, -0.25) is 4.72 Å². The molecule has 0 bridgehead atoms. The van der Waals surface area contributed by atoms with Crippen molar-refractivity contribution in [3.8, 4) is 0 Å². The van der Waals surface area contributed by atoms with Crippen molar-refractivity contribution in [3.05, 3.63) is 65.5 Å². The summed E-state index contributed by atoms with van der Waals surface area (Å²) in [5.41, 5.74) is 8.43. The van der Waals surface area contributed by atoms with Crippen molar-refractivity contribution in [2.24, 2.45) is 5.73 Å². The van der Waals surface area contributed by atoms with Crippen LogP contribution in [0.1, 0.15) is 17.2 Å². The summed E-state index contributed by atoms with van der Waals surface area (Å²) in [6.07, 6.45) is 1.69. The van der Waals surface area contributed by atoms with E-state index in [1.54, 1.807) is 24.3 Å². The molecule has 0 amide bonds. The number of hydrogen-bond donors (Lipinski definition) is 2. The van der Waals surface area contributed by atoms with E-state index < -0.39 is 10.0 Å². The molecule has 2 aromatic rings. The summed E-state index contributed by atoms with van der Waals surface area (Å²) in [6, 6.07) is 12.9. The Balaban J connectivity index is 2.04. The highest BCUT2D eigenvalue weighted by Gasteiger charge is 2.08. The lowest BCUT2D eigenvalue weighted by Crippen LogP contribution is -2.13. The van der Waals surface area contributed by atoms with Crippen LogP contribution in [0, 0.1) is 5.82 Å². The van der Waals surface area contributed by atoms with Crippen molar-refractivity contribution < 1.29 is 12.8 Å². The van der Waals surface area contributed by atoms with Crippen molar-refractivity contribution in [1.82, 2.24) is 0 Å². The molecular weight excluding hydrogens is 291 g/mol. The van der Waals surface area contributed by atoms with Crippen molar-refractivity contribution in [2.75, 3.05) is 11.0 Å². The fourth-order valence-electron chi connectivity index (χ4n) is 2.00. The molecule has 21 heavy (non-hydrogen) atoms. The minimum atomic E-state index is -3.27. The van der Waals surface area contributed by atoms with Gasteiger partial charge in [-0.25, -0.2) is 12.8 Å². The van der Waals surface area contributed by atoms with E-state index in [4.69, 9.17) is 5.73 Å². The van der Waals surface area contributed by atoms with E-state index in [-0.39, 0.29) is 11.9 Å². The van der Waals surface area contributed by atoms with Gasteiger partial charge >= 0.3 is 0 Å². The number of nitrogens with two attached hydrogens (primary N) is 1. The van der Waals surface area contributed by atoms with Gasteiger partial charge in [-0.15, -0.1) is 0 Å². The standard InChI is InChI=1S/C15H17FN2O2S/c1-21(19,20)18-14-8-2-11(3-9-14)10-15(17)12-4-6-13(16)7-5-12/h2-9,15,18H,10,17H2,1H3. The van der Waals surface area contributed by atoms with E-state index in [0.29, 0.717) is 12.1 Å². The molecule has 2 aromatic carbocycles. The first kappa shape index (κ1) is 15.5. The number of benzene rings is 2. The number of hydrogen-bond acceptors (Lipinski definition) is 3. The molecule has 3 N–H and O–H groups in total. The lowest BCUT2D eigenvalue weighted by molar-refractivity contribution is 0.606. The molecule has 0 saturated heterocycles. The lowest BCUT2D eigenvalue weighted by atomic mass is 9.99. The van der Waals surface area contributed by atoms with E-state index >= 15 is 0 Å². The first-order valence-corrected chi connectivity index (χ1v) is 8.30. The van der Waals surface area contributed by atoms with E-state index in [1.807, 2.05) is 12.1 Å². The van der Waals surface area contributed by atoms with Crippen LogP contribution in [0.3, 0.4) is 0 Å².